The molecule has 1 N–H and O–H groups in total. The minimum atomic E-state index is -1.65. The molecule has 2 aliphatic heterocycles. The number of hydrogen-bond donors (Lipinski definition) is 1. The third-order valence-electron chi connectivity index (χ3n) is 8.09. The van der Waals surface area contributed by atoms with Crippen LogP contribution >= 0.6 is 45.8 Å². The van der Waals surface area contributed by atoms with Crippen LogP contribution in [0.4, 0.5) is 8.78 Å². The van der Waals surface area contributed by atoms with Crippen molar-refractivity contribution in [3.8, 4) is 6.07 Å². The Balaban J connectivity index is 1.87. The van der Waals surface area contributed by atoms with E-state index in [1.54, 1.807) is 33.6 Å². The average molecular weight is 702 g/mol. The van der Waals surface area contributed by atoms with Crippen LogP contribution in [0.2, 0.25) is 10.0 Å². The van der Waals surface area contributed by atoms with Crippen LogP contribution in [0.5, 0.6) is 0 Å². The summed E-state index contributed by atoms with van der Waals surface area (Å²) >= 11 is 14.1. The van der Waals surface area contributed by atoms with E-state index in [9.17, 15) is 14.9 Å². The molecule has 1 amide bonds. The summed E-state index contributed by atoms with van der Waals surface area (Å²) in [6.07, 6.45) is 2.21. The van der Waals surface area contributed by atoms with Crippen LogP contribution in [0.25, 0.3) is 0 Å². The van der Waals surface area contributed by atoms with E-state index >= 15 is 8.78 Å². The Hall–Kier alpha value is -1.80. The minimum absolute atomic E-state index is 0.0556. The maximum absolute atomic E-state index is 15.8. The lowest BCUT2D eigenvalue weighted by atomic mass is 9.62. The summed E-state index contributed by atoms with van der Waals surface area (Å²) in [6.45, 7) is 6.87. The van der Waals surface area contributed by atoms with E-state index in [0.717, 1.165) is 6.07 Å². The van der Waals surface area contributed by atoms with Crippen molar-refractivity contribution < 1.29 is 18.4 Å². The zero-order valence-corrected chi connectivity index (χ0v) is 26.3. The molecule has 2 aromatic rings. The molecule has 40 heavy (non-hydrogen) atoms. The third kappa shape index (κ3) is 6.18. The van der Waals surface area contributed by atoms with Crippen LogP contribution in [0, 0.1) is 34.3 Å². The van der Waals surface area contributed by atoms with Gasteiger partial charge in [0.25, 0.3) is 0 Å². The number of hydrogen-bond acceptors (Lipinski definition) is 4. The van der Waals surface area contributed by atoms with Gasteiger partial charge in [-0.25, -0.2) is 8.78 Å². The maximum atomic E-state index is 15.8. The fourth-order valence-electron chi connectivity index (χ4n) is 6.32. The number of carbonyl (C=O) groups is 2. The fraction of sp³-hybridized carbons (Fsp3) is 0.500. The highest BCUT2D eigenvalue weighted by atomic mass is 127. The average Bonchev–Trinajstić information content (AvgIpc) is 3.18. The second-order valence-electron chi connectivity index (χ2n) is 12.0. The van der Waals surface area contributed by atoms with Gasteiger partial charge in [-0.15, -0.1) is 0 Å². The van der Waals surface area contributed by atoms with Crippen LogP contribution in [0.1, 0.15) is 63.5 Å². The first-order valence-electron chi connectivity index (χ1n) is 13.3. The number of rotatable bonds is 6. The van der Waals surface area contributed by atoms with Crippen molar-refractivity contribution >= 4 is 55.5 Å². The Morgan fingerprint density at radius 3 is 2.42 bits per heavy atom. The number of benzene rings is 2. The van der Waals surface area contributed by atoms with Crippen molar-refractivity contribution in [2.45, 2.75) is 69.9 Å². The molecule has 0 unspecified atom stereocenters. The Morgan fingerprint density at radius 1 is 1.18 bits per heavy atom. The highest BCUT2D eigenvalue weighted by Crippen LogP contribution is 2.53. The second-order valence-corrected chi connectivity index (χ2v) is 14.1. The Bertz CT molecular complexity index is 1340. The quantitative estimate of drug-likeness (QED) is 0.256. The summed E-state index contributed by atoms with van der Waals surface area (Å²) < 4.78 is 31.6. The lowest BCUT2D eigenvalue weighted by molar-refractivity contribution is -0.135. The third-order valence-corrected chi connectivity index (χ3v) is 9.06. The molecule has 0 bridgehead atoms. The molecule has 4 rings (SSSR count). The highest BCUT2D eigenvalue weighted by molar-refractivity contribution is 14.1. The summed E-state index contributed by atoms with van der Waals surface area (Å²) in [6, 6.07) is 9.28. The van der Waals surface area contributed by atoms with E-state index < -0.39 is 35.1 Å². The number of nitriles is 1. The van der Waals surface area contributed by atoms with Gasteiger partial charge in [-0.3, -0.25) is 9.59 Å². The first kappa shape index (κ1) is 31.1. The monoisotopic (exact) mass is 701 g/mol. The molecule has 0 radical (unpaired) electrons. The van der Waals surface area contributed by atoms with E-state index in [-0.39, 0.29) is 42.2 Å². The number of carbonyl (C=O) groups excluding carboxylic acids is 2. The first-order valence-corrected chi connectivity index (χ1v) is 15.2. The molecule has 2 aromatic carbocycles. The molecule has 0 spiro atoms. The van der Waals surface area contributed by atoms with Crippen molar-refractivity contribution in [1.29, 1.82) is 5.26 Å². The molecule has 10 heteroatoms. The van der Waals surface area contributed by atoms with Crippen molar-refractivity contribution in [2.24, 2.45) is 11.3 Å². The molecule has 5 nitrogen and oxygen atoms in total. The highest BCUT2D eigenvalue weighted by Gasteiger charge is 2.61. The zero-order chi connectivity index (χ0) is 29.4. The lowest BCUT2D eigenvalue weighted by Gasteiger charge is -2.38. The Morgan fingerprint density at radius 2 is 1.85 bits per heavy atom. The lowest BCUT2D eigenvalue weighted by Crippen LogP contribution is -2.50. The molecule has 214 valence electrons. The summed E-state index contributed by atoms with van der Waals surface area (Å²) in [7, 11) is 0. The Kier molecular flexibility index (Phi) is 9.50. The van der Waals surface area contributed by atoms with Crippen molar-refractivity contribution in [2.75, 3.05) is 13.1 Å². The molecular weight excluding hydrogens is 670 g/mol. The van der Waals surface area contributed by atoms with Crippen LogP contribution in [0.3, 0.4) is 0 Å². The fourth-order valence-corrected chi connectivity index (χ4v) is 7.29. The molecule has 0 aliphatic carbocycles. The van der Waals surface area contributed by atoms with Gasteiger partial charge in [0.15, 0.2) is 3.79 Å². The zero-order valence-electron chi connectivity index (χ0n) is 22.6. The molecular formula is C30H32Cl2F2IN3O2. The van der Waals surface area contributed by atoms with Gasteiger partial charge in [0.2, 0.25) is 5.91 Å². The Labute approximate surface area is 257 Å². The first-order chi connectivity index (χ1) is 18.8. The van der Waals surface area contributed by atoms with Crippen molar-refractivity contribution in [1.82, 2.24) is 10.2 Å². The van der Waals surface area contributed by atoms with Crippen LogP contribution < -0.4 is 5.32 Å². The number of nitrogens with one attached hydrogen (secondary N) is 1. The van der Waals surface area contributed by atoms with Gasteiger partial charge < -0.3 is 10.2 Å². The summed E-state index contributed by atoms with van der Waals surface area (Å²) in [5, 5.41) is 14.4. The van der Waals surface area contributed by atoms with Gasteiger partial charge in [-0.05, 0) is 76.9 Å². The minimum Gasteiger partial charge on any atom is -0.341 e. The molecule has 0 saturated carbocycles. The van der Waals surface area contributed by atoms with Crippen LogP contribution in [0.15, 0.2) is 36.4 Å². The smallest absolute Gasteiger partial charge is 0.240 e. The predicted octanol–water partition coefficient (Wildman–Crippen LogP) is 7.18. The van der Waals surface area contributed by atoms with Gasteiger partial charge in [0.05, 0.1) is 17.1 Å². The van der Waals surface area contributed by atoms with Crippen LogP contribution in [-0.2, 0) is 15.0 Å². The number of halogens is 5. The topological polar surface area (TPSA) is 73.2 Å². The summed E-state index contributed by atoms with van der Waals surface area (Å²) in [5.41, 5.74) is -1.83. The number of likely N-dealkylation sites (tertiary alicyclic amines) is 1. The van der Waals surface area contributed by atoms with Crippen LogP contribution in [-0.4, -0.2) is 39.8 Å². The normalized spacial score (nSPS) is 25.6. The van der Waals surface area contributed by atoms with Crippen molar-refractivity contribution in [3.63, 3.8) is 0 Å². The summed E-state index contributed by atoms with van der Waals surface area (Å²) in [5.74, 6) is -2.60. The molecule has 2 aliphatic rings. The van der Waals surface area contributed by atoms with Gasteiger partial charge in [0, 0.05) is 42.1 Å². The van der Waals surface area contributed by atoms with E-state index in [4.69, 9.17) is 23.2 Å². The van der Waals surface area contributed by atoms with E-state index in [2.05, 4.69) is 11.4 Å². The molecule has 2 heterocycles. The molecule has 2 fully saturated rings. The standard InChI is InChI=1S/C30H32Cl2F2IN3O2/c1-29(2,3)15-23-30(16-36,20-8-7-18(31)14-22(20)33)25(19-5-4-6-21(32)26(19)34)27(37-23)28(40)38-11-9-17(10-12-38)13-24(35)39/h4-8,14,17,23,25,27,37H,9-13,15H2,1-3H3/t23-,25-,27+,30-/m0/s1. The molecule has 0 aromatic heterocycles. The van der Waals surface area contributed by atoms with Gasteiger partial charge >= 0.3 is 0 Å². The molecule has 2 saturated heterocycles. The number of nitrogens with zero attached hydrogens (tertiary/aromatic N) is 2. The van der Waals surface area contributed by atoms with E-state index in [1.807, 2.05) is 20.8 Å². The predicted molar refractivity (Wildman–Crippen MR) is 161 cm³/mol. The molecule has 4 atom stereocenters. The second kappa shape index (κ2) is 12.2. The van der Waals surface area contributed by atoms with Gasteiger partial charge in [-0.2, -0.15) is 5.26 Å². The van der Waals surface area contributed by atoms with E-state index in [1.165, 1.54) is 24.3 Å². The van der Waals surface area contributed by atoms with Gasteiger partial charge in [0.1, 0.15) is 17.0 Å². The SMILES string of the molecule is CC(C)(C)C[C@@H]1N[C@@H](C(=O)N2CCC(CC(=O)I)CC2)[C@H](c2cccc(Cl)c2F)[C@@]1(C#N)c1ccc(Cl)cc1F. The van der Waals surface area contributed by atoms with Crippen molar-refractivity contribution in [3.05, 3.63) is 69.2 Å². The number of piperidine rings is 1. The number of amides is 1. The van der Waals surface area contributed by atoms with E-state index in [0.29, 0.717) is 38.8 Å². The largest absolute Gasteiger partial charge is 0.341 e. The van der Waals surface area contributed by atoms with Gasteiger partial charge in [-0.1, -0.05) is 62.2 Å². The summed E-state index contributed by atoms with van der Waals surface area (Å²) in [4.78, 5) is 27.5. The maximum Gasteiger partial charge on any atom is 0.240 e.